The molecule has 0 aliphatic carbocycles. The Hall–Kier alpha value is -2.70. The van der Waals surface area contributed by atoms with Gasteiger partial charge in [-0.2, -0.15) is 0 Å². The topological polar surface area (TPSA) is 101 Å². The van der Waals surface area contributed by atoms with Gasteiger partial charge in [0.25, 0.3) is 5.91 Å². The van der Waals surface area contributed by atoms with Gasteiger partial charge in [0.15, 0.2) is 0 Å². The number of anilines is 1. The highest BCUT2D eigenvalue weighted by Crippen LogP contribution is 2.19. The standard InChI is InChI=1S/C16H21N3O4/c1-11-12(6-4-7-13(11)17)15(22)19(10-21)14(8-5-9-20)16(23)18(2)3/h4,6-7,9-10,14H,5,8,17H2,1-3H3. The van der Waals surface area contributed by atoms with Crippen molar-refractivity contribution in [2.75, 3.05) is 19.8 Å². The van der Waals surface area contributed by atoms with Gasteiger partial charge in [0.1, 0.15) is 12.3 Å². The fraction of sp³-hybridized carbons (Fsp3) is 0.375. The molecular weight excluding hydrogens is 298 g/mol. The highest BCUT2D eigenvalue weighted by atomic mass is 16.2. The molecule has 0 heterocycles. The minimum Gasteiger partial charge on any atom is -0.398 e. The minimum atomic E-state index is -1.03. The van der Waals surface area contributed by atoms with E-state index in [-0.39, 0.29) is 18.4 Å². The number of carbonyl (C=O) groups excluding carboxylic acids is 4. The van der Waals surface area contributed by atoms with Crippen LogP contribution in [-0.4, -0.2) is 54.4 Å². The van der Waals surface area contributed by atoms with Crippen molar-refractivity contribution >= 4 is 30.2 Å². The molecule has 0 aliphatic heterocycles. The highest BCUT2D eigenvalue weighted by Gasteiger charge is 2.31. The molecule has 2 N–H and O–H groups in total. The molecule has 3 amide bonds. The van der Waals surface area contributed by atoms with Crippen LogP contribution in [0, 0.1) is 6.92 Å². The summed E-state index contributed by atoms with van der Waals surface area (Å²) in [6.45, 7) is 1.67. The largest absolute Gasteiger partial charge is 0.398 e. The smallest absolute Gasteiger partial charge is 0.261 e. The first-order chi connectivity index (χ1) is 10.8. The van der Waals surface area contributed by atoms with Gasteiger partial charge >= 0.3 is 0 Å². The number of likely N-dealkylation sites (N-methyl/N-ethyl adjacent to an activating group) is 1. The highest BCUT2D eigenvalue weighted by molar-refractivity contribution is 6.04. The van der Waals surface area contributed by atoms with Crippen LogP contribution in [0.4, 0.5) is 5.69 Å². The monoisotopic (exact) mass is 319 g/mol. The predicted molar refractivity (Wildman–Crippen MR) is 85.6 cm³/mol. The first-order valence-corrected chi connectivity index (χ1v) is 7.13. The van der Waals surface area contributed by atoms with Gasteiger partial charge in [-0.25, -0.2) is 0 Å². The van der Waals surface area contributed by atoms with Crippen LogP contribution in [-0.2, 0) is 14.4 Å². The lowest BCUT2D eigenvalue weighted by Crippen LogP contribution is -2.48. The lowest BCUT2D eigenvalue weighted by molar-refractivity contribution is -0.137. The van der Waals surface area contributed by atoms with Crippen LogP contribution in [0.25, 0.3) is 0 Å². The maximum Gasteiger partial charge on any atom is 0.261 e. The second kappa shape index (κ2) is 8.07. The number of hydrogen-bond donors (Lipinski definition) is 1. The van der Waals surface area contributed by atoms with E-state index < -0.39 is 17.9 Å². The van der Waals surface area contributed by atoms with Crippen molar-refractivity contribution in [1.82, 2.24) is 9.80 Å². The van der Waals surface area contributed by atoms with E-state index >= 15 is 0 Å². The summed E-state index contributed by atoms with van der Waals surface area (Å²) in [6, 6.07) is 3.77. The number of carbonyl (C=O) groups is 4. The molecule has 1 rings (SSSR count). The number of nitrogens with two attached hydrogens (primary N) is 1. The molecule has 0 saturated carbocycles. The second-order valence-electron chi connectivity index (χ2n) is 5.33. The maximum absolute atomic E-state index is 12.7. The number of nitrogen functional groups attached to an aromatic ring is 1. The Morgan fingerprint density at radius 2 is 1.91 bits per heavy atom. The molecule has 0 aromatic heterocycles. The summed E-state index contributed by atoms with van der Waals surface area (Å²) in [6.07, 6.45) is 1.11. The van der Waals surface area contributed by atoms with Crippen LogP contribution >= 0.6 is 0 Å². The third-order valence-electron chi connectivity index (χ3n) is 3.57. The summed E-state index contributed by atoms with van der Waals surface area (Å²) in [5.41, 5.74) is 6.99. The zero-order valence-corrected chi connectivity index (χ0v) is 13.5. The summed E-state index contributed by atoms with van der Waals surface area (Å²) in [5, 5.41) is 0. The predicted octanol–water partition coefficient (Wildman–Crippen LogP) is 0.612. The average molecular weight is 319 g/mol. The Bertz CT molecular complexity index is 613. The van der Waals surface area contributed by atoms with E-state index in [2.05, 4.69) is 0 Å². The minimum absolute atomic E-state index is 0.0672. The Morgan fingerprint density at radius 3 is 2.43 bits per heavy atom. The van der Waals surface area contributed by atoms with E-state index in [0.29, 0.717) is 23.9 Å². The molecule has 0 spiro atoms. The van der Waals surface area contributed by atoms with Gasteiger partial charge in [-0.15, -0.1) is 0 Å². The molecule has 0 aliphatic rings. The van der Waals surface area contributed by atoms with Crippen molar-refractivity contribution in [3.63, 3.8) is 0 Å². The molecule has 0 radical (unpaired) electrons. The fourth-order valence-corrected chi connectivity index (χ4v) is 2.19. The van der Waals surface area contributed by atoms with Gasteiger partial charge in [0.05, 0.1) is 0 Å². The summed E-state index contributed by atoms with van der Waals surface area (Å²) < 4.78 is 0. The molecule has 7 nitrogen and oxygen atoms in total. The van der Waals surface area contributed by atoms with Crippen molar-refractivity contribution in [1.29, 1.82) is 0 Å². The molecular formula is C16H21N3O4. The number of amides is 3. The van der Waals surface area contributed by atoms with Crippen LogP contribution in [0.3, 0.4) is 0 Å². The number of nitrogens with zero attached hydrogens (tertiary/aromatic N) is 2. The average Bonchev–Trinajstić information content (AvgIpc) is 2.52. The second-order valence-corrected chi connectivity index (χ2v) is 5.33. The maximum atomic E-state index is 12.7. The molecule has 1 aromatic rings. The quantitative estimate of drug-likeness (QED) is 0.586. The summed E-state index contributed by atoms with van der Waals surface area (Å²) in [4.78, 5) is 49.1. The Balaban J connectivity index is 3.22. The zero-order chi connectivity index (χ0) is 17.6. The lowest BCUT2D eigenvalue weighted by Gasteiger charge is -2.28. The number of benzene rings is 1. The molecule has 124 valence electrons. The number of rotatable bonds is 7. The van der Waals surface area contributed by atoms with Crippen molar-refractivity contribution in [2.24, 2.45) is 0 Å². The third kappa shape index (κ3) is 4.15. The molecule has 1 unspecified atom stereocenters. The molecule has 1 aromatic carbocycles. The first-order valence-electron chi connectivity index (χ1n) is 7.13. The van der Waals surface area contributed by atoms with Crippen molar-refractivity contribution in [2.45, 2.75) is 25.8 Å². The summed E-state index contributed by atoms with van der Waals surface area (Å²) >= 11 is 0. The van der Waals surface area contributed by atoms with Gasteiger partial charge < -0.3 is 15.4 Å². The van der Waals surface area contributed by atoms with Crippen LogP contribution in [0.2, 0.25) is 0 Å². The van der Waals surface area contributed by atoms with Gasteiger partial charge in [0.2, 0.25) is 12.3 Å². The number of hydrogen-bond acceptors (Lipinski definition) is 5. The van der Waals surface area contributed by atoms with Crippen LogP contribution in [0.5, 0.6) is 0 Å². The summed E-state index contributed by atoms with van der Waals surface area (Å²) in [7, 11) is 3.05. The molecule has 7 heteroatoms. The van der Waals surface area contributed by atoms with Crippen LogP contribution in [0.1, 0.15) is 28.8 Å². The molecule has 1 atom stereocenters. The normalized spacial score (nSPS) is 11.4. The first kappa shape index (κ1) is 18.3. The summed E-state index contributed by atoms with van der Waals surface area (Å²) in [5.74, 6) is -1.04. The van der Waals surface area contributed by atoms with Gasteiger partial charge in [-0.3, -0.25) is 19.3 Å². The Labute approximate surface area is 135 Å². The van der Waals surface area contributed by atoms with E-state index in [1.54, 1.807) is 25.1 Å². The van der Waals surface area contributed by atoms with E-state index in [1.807, 2.05) is 0 Å². The van der Waals surface area contributed by atoms with Gasteiger partial charge in [0, 0.05) is 31.8 Å². The Kier molecular flexibility index (Phi) is 6.44. The van der Waals surface area contributed by atoms with Gasteiger partial charge in [-0.1, -0.05) is 6.07 Å². The molecule has 0 bridgehead atoms. The van der Waals surface area contributed by atoms with Crippen molar-refractivity contribution in [3.05, 3.63) is 29.3 Å². The number of aldehydes is 1. The SMILES string of the molecule is Cc1c(N)cccc1C(=O)N(C=O)C(CCC=O)C(=O)N(C)C. The number of imide groups is 1. The van der Waals surface area contributed by atoms with Crippen molar-refractivity contribution < 1.29 is 19.2 Å². The molecule has 0 fully saturated rings. The molecule has 23 heavy (non-hydrogen) atoms. The van der Waals surface area contributed by atoms with E-state index in [4.69, 9.17) is 5.73 Å². The third-order valence-corrected chi connectivity index (χ3v) is 3.57. The van der Waals surface area contributed by atoms with Crippen LogP contribution in [0.15, 0.2) is 18.2 Å². The Morgan fingerprint density at radius 1 is 1.26 bits per heavy atom. The van der Waals surface area contributed by atoms with Gasteiger partial charge in [-0.05, 0) is 31.0 Å². The van der Waals surface area contributed by atoms with Crippen molar-refractivity contribution in [3.8, 4) is 0 Å². The van der Waals surface area contributed by atoms with E-state index in [9.17, 15) is 19.2 Å². The fourth-order valence-electron chi connectivity index (χ4n) is 2.19. The molecule has 0 saturated heterocycles. The van der Waals surface area contributed by atoms with Crippen LogP contribution < -0.4 is 5.73 Å². The zero-order valence-electron chi connectivity index (χ0n) is 13.5. The van der Waals surface area contributed by atoms with E-state index in [0.717, 1.165) is 4.90 Å². The lowest BCUT2D eigenvalue weighted by atomic mass is 10.0. The van der Waals surface area contributed by atoms with E-state index in [1.165, 1.54) is 19.0 Å².